The van der Waals surface area contributed by atoms with Crippen molar-refractivity contribution in [1.29, 1.82) is 0 Å². The van der Waals surface area contributed by atoms with Crippen LogP contribution in [0.1, 0.15) is 86.2 Å². The van der Waals surface area contributed by atoms with E-state index in [1.165, 1.54) is 22.3 Å². The van der Waals surface area contributed by atoms with E-state index in [4.69, 9.17) is 24.2 Å². The Labute approximate surface area is 467 Å². The van der Waals surface area contributed by atoms with Gasteiger partial charge in [0, 0.05) is 103 Å². The number of amides is 2. The van der Waals surface area contributed by atoms with Crippen molar-refractivity contribution >= 4 is 50.9 Å². The first kappa shape index (κ1) is 53.3. The van der Waals surface area contributed by atoms with Crippen LogP contribution in [0.2, 0.25) is 0 Å². The number of aliphatic hydroxyl groups excluding tert-OH is 2. The second kappa shape index (κ2) is 22.3. The summed E-state index contributed by atoms with van der Waals surface area (Å²) in [4.78, 5) is 50.9. The first-order valence-corrected chi connectivity index (χ1v) is 27.5. The maximum absolute atomic E-state index is 16.1. The van der Waals surface area contributed by atoms with Gasteiger partial charge in [0.25, 0.3) is 5.91 Å². The Hall–Kier alpha value is -8.39. The Bertz CT molecular complexity index is 3690. The van der Waals surface area contributed by atoms with Gasteiger partial charge in [-0.05, 0) is 104 Å². The summed E-state index contributed by atoms with van der Waals surface area (Å²) in [6.45, 7) is 8.79. The molecule has 3 saturated heterocycles. The molecule has 20 heteroatoms. The van der Waals surface area contributed by atoms with E-state index in [1.54, 1.807) is 70.7 Å². The minimum absolute atomic E-state index is 0.0106. The molecule has 2 amide bonds. The van der Waals surface area contributed by atoms with E-state index in [1.807, 2.05) is 43.3 Å². The predicted octanol–water partition coefficient (Wildman–Crippen LogP) is 7.40. The van der Waals surface area contributed by atoms with Gasteiger partial charge in [-0.3, -0.25) is 14.7 Å². The third-order valence-electron chi connectivity index (χ3n) is 16.1. The van der Waals surface area contributed by atoms with Gasteiger partial charge in [0.1, 0.15) is 48.4 Å². The van der Waals surface area contributed by atoms with Gasteiger partial charge in [0.2, 0.25) is 5.91 Å². The summed E-state index contributed by atoms with van der Waals surface area (Å²) >= 11 is 0. The maximum Gasteiger partial charge on any atom is 0.319 e. The number of aliphatic hydroxyl groups is 2. The molecular weight excluding hydrogens is 1030 g/mol. The number of carbonyl (C=O) groups excluding carboxylic acids is 2. The fourth-order valence-corrected chi connectivity index (χ4v) is 11.6. The highest BCUT2D eigenvalue weighted by Crippen LogP contribution is 2.53. The van der Waals surface area contributed by atoms with E-state index in [-0.39, 0.29) is 61.8 Å². The zero-order chi connectivity index (χ0) is 56.1. The highest BCUT2D eigenvalue weighted by Gasteiger charge is 2.43. The maximum atomic E-state index is 16.1. The van der Waals surface area contributed by atoms with Gasteiger partial charge in [-0.25, -0.2) is 19.4 Å². The van der Waals surface area contributed by atoms with Crippen LogP contribution in [-0.4, -0.2) is 138 Å². The number of hydrogen-bond acceptors (Lipinski definition) is 16. The molecule has 1 aliphatic carbocycles. The number of hydrogen-bond donors (Lipinski definition) is 5. The minimum Gasteiger partial charge on any atom is -0.486 e. The smallest absolute Gasteiger partial charge is 0.319 e. The molecule has 6 atom stereocenters. The highest BCUT2D eigenvalue weighted by molar-refractivity contribution is 6.06. The second-order valence-electron chi connectivity index (χ2n) is 21.8. The molecule has 7 aromatic rings. The molecule has 2 bridgehead atoms. The number of likely N-dealkylation sites (tertiary alicyclic amines) is 1. The average Bonchev–Trinajstić information content (AvgIpc) is 3.47. The number of aromatic amines is 1. The molecule has 7 heterocycles. The van der Waals surface area contributed by atoms with Crippen LogP contribution in [0.4, 0.5) is 10.2 Å². The molecule has 416 valence electrons. The molecule has 4 aromatic carbocycles. The largest absolute Gasteiger partial charge is 0.486 e. The van der Waals surface area contributed by atoms with Crippen molar-refractivity contribution < 1.29 is 38.4 Å². The van der Waals surface area contributed by atoms with Crippen LogP contribution in [0.5, 0.6) is 11.8 Å². The first-order chi connectivity index (χ1) is 39.3. The number of nitrogens with one attached hydrogen (secondary N) is 3. The number of benzene rings is 4. The van der Waals surface area contributed by atoms with Crippen molar-refractivity contribution in [3.8, 4) is 34.1 Å². The van der Waals surface area contributed by atoms with E-state index in [0.29, 0.717) is 50.7 Å². The number of ether oxygens (including phenoxy) is 3. The van der Waals surface area contributed by atoms with Crippen LogP contribution in [0.25, 0.3) is 49.8 Å². The third kappa shape index (κ3) is 10.5. The lowest BCUT2D eigenvalue weighted by molar-refractivity contribution is -0.137. The summed E-state index contributed by atoms with van der Waals surface area (Å²) in [5, 5.41) is 42.8. The van der Waals surface area contributed by atoms with Gasteiger partial charge >= 0.3 is 6.01 Å². The van der Waals surface area contributed by atoms with E-state index in [0.717, 1.165) is 82.5 Å². The lowest BCUT2D eigenvalue weighted by Crippen LogP contribution is -2.48. The quantitative estimate of drug-likeness (QED) is 0.0528. The molecule has 0 spiro atoms. The number of piperazine rings is 1. The van der Waals surface area contributed by atoms with E-state index < -0.39 is 36.6 Å². The van der Waals surface area contributed by atoms with Crippen LogP contribution < -0.4 is 25.0 Å². The SMILES string of the molecule is CO[C@@H](C)COc1nc(N2C[C@@H]3C[C@H]2CN3)c2cc(C3CC3)c(-c3c(C)c(F)cc4[nH]ncc34)c(OCc3ccc(C4=CN(C(C(=O)N5C[C@H](O)C[C@H]5C(=O)N[C@@H](CO)c5ccc(-c6ccncn6)cc5)=C(C)C)N=C=C4)cc3)c2n1. The number of fused-ring (bicyclic) bond motifs is 4. The van der Waals surface area contributed by atoms with E-state index in [2.05, 4.69) is 52.7 Å². The van der Waals surface area contributed by atoms with Crippen molar-refractivity contribution in [2.45, 2.75) is 102 Å². The van der Waals surface area contributed by atoms with Gasteiger partial charge < -0.3 is 44.9 Å². The number of carbonyl (C=O) groups is 2. The number of H-pyrrole nitrogens is 1. The summed E-state index contributed by atoms with van der Waals surface area (Å²) < 4.78 is 35.1. The molecule has 19 nitrogen and oxygen atoms in total. The van der Waals surface area contributed by atoms with E-state index >= 15 is 4.39 Å². The number of anilines is 1. The standard InChI is InChI=1S/C61H63FN12O7/c1-33(2)56(60(78)73-28-44(76)21-52(73)59(77)68-51(29-75)40-14-12-39(13-15-40)49-17-18-63-32-65-49)74-26-41(16-19-67-74)37-8-6-36(7-9-37)31-80-57-54(53-35(4)48(62)23-50-47(53)25-66-71-50)45(38-10-11-38)22-46-55(57)69-61(81-30-34(3)79-5)70-58(46)72-27-42-20-43(72)24-64-42/h6-9,12-18,22-23,25-26,32,34,38,42-44,51-52,64,75-76H,10-11,20-21,24,27-31H2,1-5H3,(H,66,71)(H,68,77)/t34-,42-,43-,44+,51-,52-/m0/s1. The summed E-state index contributed by atoms with van der Waals surface area (Å²) in [7, 11) is 1.63. The minimum atomic E-state index is -1.03. The fourth-order valence-electron chi connectivity index (χ4n) is 11.6. The Morgan fingerprint density at radius 2 is 1.78 bits per heavy atom. The van der Waals surface area contributed by atoms with Crippen molar-refractivity contribution in [1.82, 2.24) is 50.7 Å². The number of allylic oxidation sites excluding steroid dienone is 3. The van der Waals surface area contributed by atoms with Gasteiger partial charge in [-0.2, -0.15) is 15.1 Å². The normalized spacial score (nSPS) is 20.0. The lowest BCUT2D eigenvalue weighted by Gasteiger charge is -2.30. The molecule has 0 radical (unpaired) electrons. The van der Waals surface area contributed by atoms with Crippen LogP contribution in [-0.2, 0) is 20.9 Å². The topological polar surface area (TPSA) is 229 Å². The number of aromatic nitrogens is 6. The zero-order valence-electron chi connectivity index (χ0n) is 45.7. The average molecular weight is 1100 g/mol. The molecule has 1 saturated carbocycles. The van der Waals surface area contributed by atoms with Gasteiger partial charge in [0.15, 0.2) is 5.75 Å². The molecule has 81 heavy (non-hydrogen) atoms. The van der Waals surface area contributed by atoms with Crippen molar-refractivity contribution in [3.05, 3.63) is 143 Å². The Balaban J connectivity index is 0.828. The molecule has 4 aliphatic heterocycles. The van der Waals surface area contributed by atoms with Crippen molar-refractivity contribution in [2.24, 2.45) is 5.10 Å². The zero-order valence-corrected chi connectivity index (χ0v) is 45.7. The molecule has 5 aliphatic rings. The highest BCUT2D eigenvalue weighted by atomic mass is 19.1. The summed E-state index contributed by atoms with van der Waals surface area (Å²) in [6, 6.07) is 19.6. The number of methoxy groups -OCH3 is 1. The Morgan fingerprint density at radius 1 is 0.975 bits per heavy atom. The summed E-state index contributed by atoms with van der Waals surface area (Å²) in [5.74, 6) is 3.07. The molecule has 3 aromatic heterocycles. The number of β-amino-alcohol motifs (C(OH)–C–C–N with tert-alkyl or cyclic N) is 1. The Morgan fingerprint density at radius 3 is 2.48 bits per heavy atom. The monoisotopic (exact) mass is 1090 g/mol. The molecule has 0 unspecified atom stereocenters. The van der Waals surface area contributed by atoms with Crippen LogP contribution in [0, 0.1) is 12.7 Å². The first-order valence-electron chi connectivity index (χ1n) is 27.5. The number of halogens is 1. The van der Waals surface area contributed by atoms with E-state index in [9.17, 15) is 19.8 Å². The van der Waals surface area contributed by atoms with Crippen molar-refractivity contribution in [2.75, 3.05) is 44.9 Å². The van der Waals surface area contributed by atoms with Gasteiger partial charge in [-0.15, -0.1) is 5.10 Å². The molecule has 12 rings (SSSR count). The third-order valence-corrected chi connectivity index (χ3v) is 16.1. The predicted molar refractivity (Wildman–Crippen MR) is 303 cm³/mol. The van der Waals surface area contributed by atoms with Crippen molar-refractivity contribution in [3.63, 3.8) is 0 Å². The van der Waals surface area contributed by atoms with Gasteiger partial charge in [-0.1, -0.05) is 48.5 Å². The number of hydrazone groups is 1. The van der Waals surface area contributed by atoms with Crippen LogP contribution >= 0.6 is 0 Å². The fraction of sp³-hybridized carbons (Fsp3) is 0.361. The second-order valence-corrected chi connectivity index (χ2v) is 21.8. The van der Waals surface area contributed by atoms with Gasteiger partial charge in [0.05, 0.1) is 42.3 Å². The number of rotatable bonds is 18. The summed E-state index contributed by atoms with van der Waals surface area (Å²) in [6.07, 6.45) is 10.1. The molecular formula is C61H63FN12O7. The molecule has 4 fully saturated rings. The lowest BCUT2D eigenvalue weighted by atomic mass is 9.88. The number of nitrogens with zero attached hydrogens (tertiary/aromatic N) is 9. The van der Waals surface area contributed by atoms with Crippen LogP contribution in [0.3, 0.4) is 0 Å². The summed E-state index contributed by atoms with van der Waals surface area (Å²) in [5.41, 5.74) is 9.50. The Kier molecular flexibility index (Phi) is 14.6. The molecule has 5 N–H and O–H groups in total. The van der Waals surface area contributed by atoms with Crippen LogP contribution in [0.15, 0.2) is 114 Å².